The number of hydrogen-bond donors (Lipinski definition) is 0. The number of nitrogens with zero attached hydrogens (tertiary/aromatic N) is 2. The van der Waals surface area contributed by atoms with E-state index in [0.717, 1.165) is 12.8 Å². The second-order valence-electron chi connectivity index (χ2n) is 3.71. The molecular formula is C10H22N2. The summed E-state index contributed by atoms with van der Waals surface area (Å²) >= 11 is 0. The highest BCUT2D eigenvalue weighted by Crippen LogP contribution is 2.11. The molecule has 12 heavy (non-hydrogen) atoms. The first-order chi connectivity index (χ1) is 5.61. The largest absolute Gasteiger partial charge is 0.191 e. The lowest BCUT2D eigenvalue weighted by Gasteiger charge is -2.12. The zero-order valence-corrected chi connectivity index (χ0v) is 9.04. The van der Waals surface area contributed by atoms with Gasteiger partial charge in [-0.25, -0.2) is 0 Å². The maximum atomic E-state index is 4.34. The highest BCUT2D eigenvalue weighted by Gasteiger charge is 2.08. The fourth-order valence-corrected chi connectivity index (χ4v) is 0.967. The van der Waals surface area contributed by atoms with Crippen molar-refractivity contribution < 1.29 is 0 Å². The molecule has 0 radical (unpaired) electrons. The van der Waals surface area contributed by atoms with Gasteiger partial charge in [-0.3, -0.25) is 0 Å². The van der Waals surface area contributed by atoms with Gasteiger partial charge in [-0.05, 0) is 25.7 Å². The Morgan fingerprint density at radius 3 is 1.83 bits per heavy atom. The molecule has 0 N–H and O–H groups in total. The standard InChI is InChI=1S/C10H22N2/c1-6-9(5)11-12-10(7-2)8(3)4/h8-10H,6-7H2,1-5H3. The van der Waals surface area contributed by atoms with E-state index in [2.05, 4.69) is 44.8 Å². The van der Waals surface area contributed by atoms with Crippen LogP contribution in [0.15, 0.2) is 10.2 Å². The molecule has 0 aliphatic carbocycles. The van der Waals surface area contributed by atoms with Gasteiger partial charge >= 0.3 is 0 Å². The van der Waals surface area contributed by atoms with E-state index in [-0.39, 0.29) is 0 Å². The molecule has 0 aliphatic heterocycles. The maximum Gasteiger partial charge on any atom is 0.0728 e. The predicted molar refractivity (Wildman–Crippen MR) is 53.5 cm³/mol. The van der Waals surface area contributed by atoms with Crippen molar-refractivity contribution in [2.45, 2.75) is 59.5 Å². The molecule has 2 heteroatoms. The summed E-state index contributed by atoms with van der Waals surface area (Å²) in [6.07, 6.45) is 2.18. The summed E-state index contributed by atoms with van der Waals surface area (Å²) in [6.45, 7) is 10.8. The summed E-state index contributed by atoms with van der Waals surface area (Å²) in [5, 5.41) is 8.60. The van der Waals surface area contributed by atoms with E-state index in [1.807, 2.05) is 0 Å². The van der Waals surface area contributed by atoms with Gasteiger partial charge in [0.25, 0.3) is 0 Å². The van der Waals surface area contributed by atoms with E-state index >= 15 is 0 Å². The Balaban J connectivity index is 3.92. The molecule has 0 fully saturated rings. The van der Waals surface area contributed by atoms with Gasteiger partial charge in [-0.1, -0.05) is 27.7 Å². The van der Waals surface area contributed by atoms with Crippen LogP contribution in [0, 0.1) is 5.92 Å². The van der Waals surface area contributed by atoms with Crippen LogP contribution >= 0.6 is 0 Å². The van der Waals surface area contributed by atoms with Crippen molar-refractivity contribution in [3.63, 3.8) is 0 Å². The molecule has 72 valence electrons. The molecule has 2 unspecified atom stereocenters. The molecule has 0 saturated heterocycles. The minimum absolute atomic E-state index is 0.387. The molecule has 0 spiro atoms. The summed E-state index contributed by atoms with van der Waals surface area (Å²) in [5.41, 5.74) is 0. The van der Waals surface area contributed by atoms with E-state index in [1.165, 1.54) is 0 Å². The van der Waals surface area contributed by atoms with Crippen LogP contribution in [0.4, 0.5) is 0 Å². The lowest BCUT2D eigenvalue weighted by Crippen LogP contribution is -2.11. The van der Waals surface area contributed by atoms with Gasteiger partial charge in [0.2, 0.25) is 0 Å². The van der Waals surface area contributed by atoms with E-state index in [0.29, 0.717) is 18.0 Å². The molecule has 2 atom stereocenters. The Hall–Kier alpha value is -0.400. The van der Waals surface area contributed by atoms with Crippen molar-refractivity contribution >= 4 is 0 Å². The van der Waals surface area contributed by atoms with E-state index in [9.17, 15) is 0 Å². The van der Waals surface area contributed by atoms with Gasteiger partial charge in [-0.2, -0.15) is 10.2 Å². The van der Waals surface area contributed by atoms with Gasteiger partial charge in [0.1, 0.15) is 0 Å². The highest BCUT2D eigenvalue weighted by atomic mass is 15.1. The normalized spacial score (nSPS) is 17.2. The molecule has 0 aliphatic rings. The summed E-state index contributed by atoms with van der Waals surface area (Å²) in [6, 6.07) is 0.803. The second kappa shape index (κ2) is 6.15. The Labute approximate surface area is 76.5 Å². The van der Waals surface area contributed by atoms with Crippen molar-refractivity contribution in [2.75, 3.05) is 0 Å². The van der Waals surface area contributed by atoms with Crippen LogP contribution in [0.5, 0.6) is 0 Å². The summed E-state index contributed by atoms with van der Waals surface area (Å²) in [5.74, 6) is 0.614. The summed E-state index contributed by atoms with van der Waals surface area (Å²) < 4.78 is 0. The number of azo groups is 1. The van der Waals surface area contributed by atoms with Crippen molar-refractivity contribution in [1.29, 1.82) is 0 Å². The minimum atomic E-state index is 0.387. The SMILES string of the molecule is CCC(C)N=NC(CC)C(C)C. The molecule has 0 amide bonds. The zero-order valence-electron chi connectivity index (χ0n) is 9.04. The van der Waals surface area contributed by atoms with Crippen LogP contribution in [0.25, 0.3) is 0 Å². The van der Waals surface area contributed by atoms with E-state index < -0.39 is 0 Å². The maximum absolute atomic E-state index is 4.34. The van der Waals surface area contributed by atoms with Crippen LogP contribution < -0.4 is 0 Å². The molecular weight excluding hydrogens is 148 g/mol. The first kappa shape index (κ1) is 11.6. The average Bonchev–Trinajstić information content (AvgIpc) is 2.04. The molecule has 0 bridgehead atoms. The lowest BCUT2D eigenvalue weighted by molar-refractivity contribution is 0.450. The first-order valence-electron chi connectivity index (χ1n) is 5.01. The molecule has 0 aromatic carbocycles. The molecule has 0 saturated carbocycles. The van der Waals surface area contributed by atoms with Gasteiger partial charge in [0.15, 0.2) is 0 Å². The minimum Gasteiger partial charge on any atom is -0.191 e. The van der Waals surface area contributed by atoms with Crippen molar-refractivity contribution in [2.24, 2.45) is 16.1 Å². The van der Waals surface area contributed by atoms with Crippen LogP contribution in [0.1, 0.15) is 47.5 Å². The summed E-state index contributed by atoms with van der Waals surface area (Å²) in [4.78, 5) is 0. The van der Waals surface area contributed by atoms with Gasteiger partial charge in [0.05, 0.1) is 12.1 Å². The highest BCUT2D eigenvalue weighted by molar-refractivity contribution is 4.66. The zero-order chi connectivity index (χ0) is 9.56. The smallest absolute Gasteiger partial charge is 0.0728 e. The predicted octanol–water partition coefficient (Wildman–Crippen LogP) is 3.67. The Morgan fingerprint density at radius 2 is 1.50 bits per heavy atom. The second-order valence-corrected chi connectivity index (χ2v) is 3.71. The Morgan fingerprint density at radius 1 is 0.917 bits per heavy atom. The number of rotatable bonds is 5. The molecule has 0 aromatic rings. The fourth-order valence-electron chi connectivity index (χ4n) is 0.967. The van der Waals surface area contributed by atoms with E-state index in [4.69, 9.17) is 0 Å². The molecule has 0 aromatic heterocycles. The van der Waals surface area contributed by atoms with Crippen molar-refractivity contribution in [3.05, 3.63) is 0 Å². The topological polar surface area (TPSA) is 24.7 Å². The fraction of sp³-hybridized carbons (Fsp3) is 1.00. The lowest BCUT2D eigenvalue weighted by atomic mass is 10.0. The third-order valence-corrected chi connectivity index (χ3v) is 2.19. The van der Waals surface area contributed by atoms with Gasteiger partial charge in [-0.15, -0.1) is 0 Å². The third kappa shape index (κ3) is 4.47. The van der Waals surface area contributed by atoms with Crippen molar-refractivity contribution in [1.82, 2.24) is 0 Å². The van der Waals surface area contributed by atoms with E-state index in [1.54, 1.807) is 0 Å². The van der Waals surface area contributed by atoms with Crippen LogP contribution in [0.2, 0.25) is 0 Å². The molecule has 0 heterocycles. The van der Waals surface area contributed by atoms with Crippen LogP contribution in [-0.2, 0) is 0 Å². The quantitative estimate of drug-likeness (QED) is 0.562. The van der Waals surface area contributed by atoms with Gasteiger partial charge < -0.3 is 0 Å². The van der Waals surface area contributed by atoms with Crippen LogP contribution in [-0.4, -0.2) is 12.1 Å². The molecule has 0 rings (SSSR count). The first-order valence-corrected chi connectivity index (χ1v) is 5.01. The van der Waals surface area contributed by atoms with Crippen LogP contribution in [0.3, 0.4) is 0 Å². The Bertz CT molecular complexity index is 130. The third-order valence-electron chi connectivity index (χ3n) is 2.19. The Kier molecular flexibility index (Phi) is 5.95. The summed E-state index contributed by atoms with van der Waals surface area (Å²) in [7, 11) is 0. The molecule has 2 nitrogen and oxygen atoms in total. The number of hydrogen-bond acceptors (Lipinski definition) is 2. The monoisotopic (exact) mass is 170 g/mol. The average molecular weight is 170 g/mol. The van der Waals surface area contributed by atoms with Crippen molar-refractivity contribution in [3.8, 4) is 0 Å². The van der Waals surface area contributed by atoms with Gasteiger partial charge in [0, 0.05) is 0 Å².